The van der Waals surface area contributed by atoms with Gasteiger partial charge in [-0.05, 0) is 43.5 Å². The van der Waals surface area contributed by atoms with E-state index in [2.05, 4.69) is 20.1 Å². The molecule has 1 aromatic rings. The second kappa shape index (κ2) is 12.4. The van der Waals surface area contributed by atoms with Crippen molar-refractivity contribution in [3.8, 4) is 0 Å². The predicted molar refractivity (Wildman–Crippen MR) is 121 cm³/mol. The van der Waals surface area contributed by atoms with Crippen LogP contribution in [-0.2, 0) is 9.47 Å². The molecule has 8 heteroatoms. The van der Waals surface area contributed by atoms with Crippen LogP contribution in [0.25, 0.3) is 0 Å². The highest BCUT2D eigenvalue weighted by Gasteiger charge is 2.20. The van der Waals surface area contributed by atoms with Crippen LogP contribution in [0.5, 0.6) is 0 Å². The van der Waals surface area contributed by atoms with E-state index in [4.69, 9.17) is 9.47 Å². The molecule has 0 radical (unpaired) electrons. The van der Waals surface area contributed by atoms with E-state index >= 15 is 0 Å². The minimum atomic E-state index is -0.193. The third-order valence-electron chi connectivity index (χ3n) is 5.06. The minimum absolute atomic E-state index is 0. The van der Waals surface area contributed by atoms with Crippen LogP contribution >= 0.6 is 24.0 Å². The number of halogens is 2. The van der Waals surface area contributed by atoms with E-state index in [9.17, 15) is 4.39 Å². The summed E-state index contributed by atoms with van der Waals surface area (Å²) in [6.45, 7) is 6.76. The molecule has 1 aromatic carbocycles. The van der Waals surface area contributed by atoms with Gasteiger partial charge in [-0.1, -0.05) is 0 Å². The van der Waals surface area contributed by atoms with Gasteiger partial charge in [0.05, 0.1) is 12.7 Å². The van der Waals surface area contributed by atoms with E-state index in [-0.39, 0.29) is 29.8 Å². The number of benzene rings is 1. The summed E-state index contributed by atoms with van der Waals surface area (Å²) in [5.74, 6) is 0.745. The molecule has 2 saturated heterocycles. The van der Waals surface area contributed by atoms with Gasteiger partial charge < -0.3 is 24.6 Å². The quantitative estimate of drug-likeness (QED) is 0.267. The molecule has 2 fully saturated rings. The molecule has 0 aromatic heterocycles. The number of guanidine groups is 1. The van der Waals surface area contributed by atoms with Crippen molar-refractivity contribution in [2.75, 3.05) is 64.5 Å². The third kappa shape index (κ3) is 7.04. The molecule has 0 amide bonds. The molecule has 1 unspecified atom stereocenters. The molecule has 2 heterocycles. The predicted octanol–water partition coefficient (Wildman–Crippen LogP) is 2.73. The molecule has 1 atom stereocenters. The first-order chi connectivity index (χ1) is 13.3. The molecule has 2 aliphatic heterocycles. The highest BCUT2D eigenvalue weighted by molar-refractivity contribution is 14.0. The summed E-state index contributed by atoms with van der Waals surface area (Å²) in [7, 11) is 1.82. The first kappa shape index (κ1) is 23.2. The zero-order valence-corrected chi connectivity index (χ0v) is 18.9. The summed E-state index contributed by atoms with van der Waals surface area (Å²) in [6.07, 6.45) is 3.51. The Morgan fingerprint density at radius 1 is 1.25 bits per heavy atom. The Kier molecular flexibility index (Phi) is 10.3. The molecule has 0 saturated carbocycles. The van der Waals surface area contributed by atoms with Crippen molar-refractivity contribution in [1.82, 2.24) is 10.2 Å². The lowest BCUT2D eigenvalue weighted by atomic mass is 10.2. The van der Waals surface area contributed by atoms with Crippen molar-refractivity contribution in [2.24, 2.45) is 4.99 Å². The van der Waals surface area contributed by atoms with Gasteiger partial charge in [0.25, 0.3) is 0 Å². The van der Waals surface area contributed by atoms with E-state index in [1.165, 1.54) is 12.1 Å². The molecule has 28 heavy (non-hydrogen) atoms. The highest BCUT2D eigenvalue weighted by Crippen LogP contribution is 2.17. The zero-order valence-electron chi connectivity index (χ0n) is 16.6. The van der Waals surface area contributed by atoms with Crippen molar-refractivity contribution in [3.63, 3.8) is 0 Å². The number of piperazine rings is 1. The Morgan fingerprint density at radius 2 is 2.00 bits per heavy atom. The second-order valence-electron chi connectivity index (χ2n) is 6.99. The van der Waals surface area contributed by atoms with Crippen molar-refractivity contribution in [1.29, 1.82) is 0 Å². The number of aliphatic imine (C=N–C) groups is 1. The fraction of sp³-hybridized carbons (Fsp3) is 0.650. The molecule has 2 aliphatic rings. The SMILES string of the molecule is CN=C(NCCCOCC1CCCO1)N1CCN(c2ccc(F)cc2)CC1.I. The summed E-state index contributed by atoms with van der Waals surface area (Å²) >= 11 is 0. The molecule has 3 rings (SSSR count). The van der Waals surface area contributed by atoms with Crippen LogP contribution in [0.4, 0.5) is 10.1 Å². The number of nitrogens with zero attached hydrogens (tertiary/aromatic N) is 3. The minimum Gasteiger partial charge on any atom is -0.379 e. The summed E-state index contributed by atoms with van der Waals surface area (Å²) in [6, 6.07) is 6.72. The smallest absolute Gasteiger partial charge is 0.193 e. The third-order valence-corrected chi connectivity index (χ3v) is 5.06. The lowest BCUT2D eigenvalue weighted by molar-refractivity contribution is 0.0168. The van der Waals surface area contributed by atoms with Gasteiger partial charge in [0.2, 0.25) is 0 Å². The lowest BCUT2D eigenvalue weighted by Crippen LogP contribution is -2.52. The van der Waals surface area contributed by atoms with E-state index in [0.717, 1.165) is 76.8 Å². The van der Waals surface area contributed by atoms with Crippen LogP contribution in [0.3, 0.4) is 0 Å². The summed E-state index contributed by atoms with van der Waals surface area (Å²) < 4.78 is 24.3. The number of nitrogens with one attached hydrogen (secondary N) is 1. The number of hydrogen-bond donors (Lipinski definition) is 1. The number of anilines is 1. The van der Waals surface area contributed by atoms with Gasteiger partial charge in [0, 0.05) is 58.7 Å². The number of ether oxygens (including phenoxy) is 2. The maximum absolute atomic E-state index is 13.1. The molecule has 0 bridgehead atoms. The number of rotatable bonds is 7. The van der Waals surface area contributed by atoms with Crippen molar-refractivity contribution in [3.05, 3.63) is 30.1 Å². The molecule has 158 valence electrons. The highest BCUT2D eigenvalue weighted by atomic mass is 127. The fourth-order valence-corrected chi connectivity index (χ4v) is 3.53. The van der Waals surface area contributed by atoms with E-state index in [1.54, 1.807) is 0 Å². The fourth-order valence-electron chi connectivity index (χ4n) is 3.53. The van der Waals surface area contributed by atoms with Crippen LogP contribution in [-0.4, -0.2) is 76.6 Å². The Hall–Kier alpha value is -1.13. The van der Waals surface area contributed by atoms with Crippen LogP contribution in [0.2, 0.25) is 0 Å². The van der Waals surface area contributed by atoms with E-state index < -0.39 is 0 Å². The van der Waals surface area contributed by atoms with Crippen molar-refractivity contribution < 1.29 is 13.9 Å². The molecular formula is C20H32FIN4O2. The standard InChI is InChI=1S/C20H31FN4O2.HI/c1-22-20(23-9-3-14-26-16-19-4-2-15-27-19)25-12-10-24(11-13-25)18-7-5-17(21)6-8-18;/h5-8,19H,2-4,9-16H2,1H3,(H,22,23);1H. The Bertz CT molecular complexity index is 588. The van der Waals surface area contributed by atoms with Crippen molar-refractivity contribution in [2.45, 2.75) is 25.4 Å². The average Bonchev–Trinajstić information content (AvgIpc) is 3.22. The summed E-state index contributed by atoms with van der Waals surface area (Å²) in [5, 5.41) is 3.43. The summed E-state index contributed by atoms with van der Waals surface area (Å²) in [4.78, 5) is 8.96. The van der Waals surface area contributed by atoms with Gasteiger partial charge in [-0.25, -0.2) is 4.39 Å². The Morgan fingerprint density at radius 3 is 2.64 bits per heavy atom. The Balaban J connectivity index is 0.00000280. The normalized spacial score (nSPS) is 20.2. The molecule has 6 nitrogen and oxygen atoms in total. The van der Waals surface area contributed by atoms with Crippen LogP contribution in [0.15, 0.2) is 29.3 Å². The monoisotopic (exact) mass is 506 g/mol. The van der Waals surface area contributed by atoms with Gasteiger partial charge in [-0.2, -0.15) is 0 Å². The first-order valence-electron chi connectivity index (χ1n) is 9.92. The van der Waals surface area contributed by atoms with Crippen molar-refractivity contribution >= 4 is 35.6 Å². The molecular weight excluding hydrogens is 474 g/mol. The van der Waals surface area contributed by atoms with Gasteiger partial charge in [0.1, 0.15) is 5.82 Å². The zero-order chi connectivity index (χ0) is 18.9. The van der Waals surface area contributed by atoms with Crippen LogP contribution in [0.1, 0.15) is 19.3 Å². The van der Waals surface area contributed by atoms with Gasteiger partial charge >= 0.3 is 0 Å². The van der Waals surface area contributed by atoms with Gasteiger partial charge in [-0.3, -0.25) is 4.99 Å². The van der Waals surface area contributed by atoms with Crippen LogP contribution < -0.4 is 10.2 Å². The van der Waals surface area contributed by atoms with Gasteiger partial charge in [0.15, 0.2) is 5.96 Å². The molecule has 0 aliphatic carbocycles. The lowest BCUT2D eigenvalue weighted by Gasteiger charge is -2.37. The molecule has 1 N–H and O–H groups in total. The van der Waals surface area contributed by atoms with E-state index in [1.807, 2.05) is 19.2 Å². The largest absolute Gasteiger partial charge is 0.379 e. The second-order valence-corrected chi connectivity index (χ2v) is 6.99. The van der Waals surface area contributed by atoms with Crippen LogP contribution in [0, 0.1) is 5.82 Å². The van der Waals surface area contributed by atoms with Gasteiger partial charge in [-0.15, -0.1) is 24.0 Å². The maximum atomic E-state index is 13.1. The molecule has 0 spiro atoms. The summed E-state index contributed by atoms with van der Waals surface area (Å²) in [5.41, 5.74) is 1.07. The topological polar surface area (TPSA) is 49.3 Å². The number of hydrogen-bond acceptors (Lipinski definition) is 4. The maximum Gasteiger partial charge on any atom is 0.193 e. The van der Waals surface area contributed by atoms with E-state index in [0.29, 0.717) is 12.7 Å². The Labute approximate surface area is 184 Å². The average molecular weight is 506 g/mol. The first-order valence-corrected chi connectivity index (χ1v) is 9.92.